The molecule has 386 valence electrons. The van der Waals surface area contributed by atoms with Crippen molar-refractivity contribution in [3.8, 4) is 11.8 Å². The van der Waals surface area contributed by atoms with Crippen molar-refractivity contribution in [3.63, 3.8) is 0 Å². The highest BCUT2D eigenvalue weighted by molar-refractivity contribution is 5.78. The number of nitrogens with one attached hydrogen (secondary N) is 1. The number of nitrogens with two attached hydrogens (primary N) is 1. The molecule has 4 unspecified atom stereocenters. The van der Waals surface area contributed by atoms with Crippen LogP contribution in [-0.4, -0.2) is 74.5 Å². The lowest BCUT2D eigenvalue weighted by Gasteiger charge is -2.40. The molecule has 1 heterocycles. The number of nitrogens with zero attached hydrogens (tertiary/aromatic N) is 1. The summed E-state index contributed by atoms with van der Waals surface area (Å²) in [4.78, 5) is 22.9. The van der Waals surface area contributed by atoms with Crippen molar-refractivity contribution in [2.75, 3.05) is 39.6 Å². The smallest absolute Gasteiger partial charge is 0.311 e. The van der Waals surface area contributed by atoms with Crippen LogP contribution in [0.1, 0.15) is 193 Å². The lowest BCUT2D eigenvalue weighted by Crippen LogP contribution is -2.47. The minimum Gasteiger partial charge on any atom is -0.465 e. The van der Waals surface area contributed by atoms with Crippen molar-refractivity contribution in [1.82, 2.24) is 0 Å². The maximum atomic E-state index is 11.7. The second-order valence-electron chi connectivity index (χ2n) is 17.6. The Balaban J connectivity index is -0.000000169. The maximum Gasteiger partial charge on any atom is 0.311 e. The van der Waals surface area contributed by atoms with Gasteiger partial charge in [0.25, 0.3) is 0 Å². The standard InChI is InChI=1S/C14H22O2.C12H22O3.C10H14.C8H17NO2.C5H9N.C4H9N.CH4.2H2O/c1-5-11(3)13-7-9-14(10-8-13)16-12(4)15-6-2;1-5-11(3,4)10(13)15-9-12(6-2)7-14-8-12;1-3-9(2)10-7-5-4-6-8-10;1-4-8(2,3)7(10)11-6-5-9;1-3-5(2)4-6;1-3-4(2)5;;;/h7-12H,5-6H2,1-4H3;5-9H2,1-4H3;4-9H,3H2,1-2H3;4-6,9H2,1-3H3;5H,3H2,1-2H3;5H,3H2,1-2H3;1H4;2*1H2. The summed E-state index contributed by atoms with van der Waals surface area (Å²) in [6.45, 7) is 37.5. The van der Waals surface area contributed by atoms with Crippen LogP contribution in [0.5, 0.6) is 5.75 Å². The van der Waals surface area contributed by atoms with E-state index in [1.165, 1.54) is 17.5 Å². The van der Waals surface area contributed by atoms with Gasteiger partial charge in [-0.2, -0.15) is 5.26 Å². The Morgan fingerprint density at radius 3 is 1.52 bits per heavy atom. The van der Waals surface area contributed by atoms with Crippen LogP contribution in [0.15, 0.2) is 54.6 Å². The molecule has 12 heteroatoms. The molecular weight excluding hydrogens is 835 g/mol. The summed E-state index contributed by atoms with van der Waals surface area (Å²) in [6, 6.07) is 21.0. The third-order valence-corrected chi connectivity index (χ3v) is 11.4. The van der Waals surface area contributed by atoms with E-state index in [0.717, 1.165) is 63.2 Å². The molecule has 2 aromatic carbocycles. The molecule has 0 saturated carbocycles. The molecule has 3 rings (SSSR count). The molecule has 66 heavy (non-hydrogen) atoms. The minimum atomic E-state index is -0.366. The van der Waals surface area contributed by atoms with E-state index in [1.807, 2.05) is 88.3 Å². The Morgan fingerprint density at radius 1 is 0.773 bits per heavy atom. The zero-order valence-corrected chi connectivity index (χ0v) is 44.1. The molecule has 0 bridgehead atoms. The quantitative estimate of drug-likeness (QED) is 0.0776. The van der Waals surface area contributed by atoms with Crippen molar-refractivity contribution >= 4 is 17.7 Å². The summed E-state index contributed by atoms with van der Waals surface area (Å²) < 4.78 is 26.4. The van der Waals surface area contributed by atoms with Crippen LogP contribution in [0.25, 0.3) is 0 Å². The zero-order valence-electron chi connectivity index (χ0n) is 44.1. The van der Waals surface area contributed by atoms with Gasteiger partial charge in [-0.3, -0.25) is 9.59 Å². The van der Waals surface area contributed by atoms with Crippen LogP contribution in [0.4, 0.5) is 0 Å². The van der Waals surface area contributed by atoms with Crippen molar-refractivity contribution < 1.29 is 44.2 Å². The first-order valence-electron chi connectivity index (χ1n) is 23.6. The number of benzene rings is 2. The van der Waals surface area contributed by atoms with E-state index in [2.05, 4.69) is 83.2 Å². The monoisotopic (exact) mass is 936 g/mol. The number of carbonyl (C=O) groups is 2. The van der Waals surface area contributed by atoms with Gasteiger partial charge in [-0.1, -0.05) is 112 Å². The van der Waals surface area contributed by atoms with E-state index in [-0.39, 0.29) is 58.8 Å². The Bertz CT molecular complexity index is 1480. The molecule has 0 aromatic heterocycles. The molecule has 7 N–H and O–H groups in total. The number of rotatable bonds is 19. The third-order valence-electron chi connectivity index (χ3n) is 11.4. The summed E-state index contributed by atoms with van der Waals surface area (Å²) in [7, 11) is 0. The van der Waals surface area contributed by atoms with E-state index in [1.54, 1.807) is 6.92 Å². The fraction of sp³-hybridized carbons (Fsp3) is 0.704. The Kier molecular flexibility index (Phi) is 47.4. The van der Waals surface area contributed by atoms with Gasteiger partial charge in [0.05, 0.1) is 35.5 Å². The first kappa shape index (κ1) is 73.7. The van der Waals surface area contributed by atoms with Crippen molar-refractivity contribution in [2.45, 2.75) is 188 Å². The van der Waals surface area contributed by atoms with E-state index >= 15 is 0 Å². The Morgan fingerprint density at radius 2 is 1.21 bits per heavy atom. The third kappa shape index (κ3) is 34.4. The minimum absolute atomic E-state index is 0. The van der Waals surface area contributed by atoms with Gasteiger partial charge in [0, 0.05) is 24.8 Å². The van der Waals surface area contributed by atoms with Gasteiger partial charge in [0.15, 0.2) is 6.29 Å². The molecule has 0 amide bonds. The van der Waals surface area contributed by atoms with Gasteiger partial charge in [-0.05, 0) is 135 Å². The first-order valence-corrected chi connectivity index (χ1v) is 23.6. The maximum absolute atomic E-state index is 11.7. The van der Waals surface area contributed by atoms with Crippen molar-refractivity contribution in [2.24, 2.45) is 27.9 Å². The molecule has 12 nitrogen and oxygen atoms in total. The van der Waals surface area contributed by atoms with Crippen LogP contribution in [0.3, 0.4) is 0 Å². The van der Waals surface area contributed by atoms with Crippen LogP contribution in [0, 0.1) is 38.9 Å². The van der Waals surface area contributed by atoms with Crippen LogP contribution in [0.2, 0.25) is 0 Å². The molecule has 1 fully saturated rings. The predicted octanol–water partition coefficient (Wildman–Crippen LogP) is 12.5. The molecule has 0 radical (unpaired) electrons. The van der Waals surface area contributed by atoms with Gasteiger partial charge in [-0.25, -0.2) is 0 Å². The molecule has 1 aliphatic heterocycles. The van der Waals surface area contributed by atoms with Gasteiger partial charge in [0.2, 0.25) is 0 Å². The highest BCUT2D eigenvalue weighted by Crippen LogP contribution is 2.33. The highest BCUT2D eigenvalue weighted by Gasteiger charge is 2.39. The zero-order chi connectivity index (χ0) is 49.1. The molecule has 1 saturated heterocycles. The molecule has 0 spiro atoms. The molecule has 4 atom stereocenters. The average Bonchev–Trinajstić information content (AvgIpc) is 3.28. The summed E-state index contributed by atoms with van der Waals surface area (Å²) in [5.41, 5.74) is 8.12. The lowest BCUT2D eigenvalue weighted by molar-refractivity contribution is -0.178. The fourth-order valence-electron chi connectivity index (χ4n) is 4.51. The van der Waals surface area contributed by atoms with Crippen molar-refractivity contribution in [1.29, 1.82) is 10.7 Å². The van der Waals surface area contributed by atoms with Gasteiger partial charge < -0.3 is 45.8 Å². The van der Waals surface area contributed by atoms with E-state index < -0.39 is 0 Å². The lowest BCUT2D eigenvalue weighted by atomic mass is 9.84. The summed E-state index contributed by atoms with van der Waals surface area (Å²) in [6.07, 6.45) is 6.67. The van der Waals surface area contributed by atoms with Gasteiger partial charge in [0.1, 0.15) is 19.0 Å². The number of nitriles is 1. The second-order valence-corrected chi connectivity index (χ2v) is 17.6. The Labute approximate surface area is 404 Å². The molecule has 0 aliphatic carbocycles. The SMILES string of the molecule is C.CCC(C)(C)C(=O)OCCN.CCC(C)=N.CCC(C)C#N.CCC(C)c1ccccc1.CCC1(COC(=O)C(C)(C)CC)COC1.CCOC(C)Oc1ccc(C(C)CC)cc1.O.O. The summed E-state index contributed by atoms with van der Waals surface area (Å²) in [5, 5.41) is 14.8. The Hall–Kier alpha value is -3.86. The number of hydrogen-bond donors (Lipinski definition) is 2. The van der Waals surface area contributed by atoms with Crippen LogP contribution >= 0.6 is 0 Å². The number of esters is 2. The topological polar surface area (TPSA) is 217 Å². The van der Waals surface area contributed by atoms with Crippen LogP contribution < -0.4 is 10.5 Å². The molecule has 2 aromatic rings. The van der Waals surface area contributed by atoms with E-state index in [9.17, 15) is 9.59 Å². The second kappa shape index (κ2) is 42.5. The molecular formula is C54H101N3O9. The average molecular weight is 936 g/mol. The van der Waals surface area contributed by atoms with Crippen molar-refractivity contribution in [3.05, 3.63) is 65.7 Å². The summed E-state index contributed by atoms with van der Waals surface area (Å²) >= 11 is 0. The number of carbonyl (C=O) groups excluding carboxylic acids is 2. The normalized spacial score (nSPS) is 13.5. The largest absolute Gasteiger partial charge is 0.465 e. The highest BCUT2D eigenvalue weighted by atomic mass is 16.7. The summed E-state index contributed by atoms with van der Waals surface area (Å²) in [5.74, 6) is 2.17. The number of hydrogen-bond acceptors (Lipinski definition) is 10. The fourth-order valence-corrected chi connectivity index (χ4v) is 4.51. The van der Waals surface area contributed by atoms with Crippen LogP contribution in [-0.2, 0) is 28.5 Å². The first-order chi connectivity index (χ1) is 29.6. The van der Waals surface area contributed by atoms with E-state index in [4.69, 9.17) is 40.1 Å². The predicted molar refractivity (Wildman–Crippen MR) is 277 cm³/mol. The molecule has 1 aliphatic rings. The van der Waals surface area contributed by atoms with Gasteiger partial charge >= 0.3 is 11.9 Å². The van der Waals surface area contributed by atoms with E-state index in [0.29, 0.717) is 38.2 Å². The van der Waals surface area contributed by atoms with Gasteiger partial charge in [-0.15, -0.1) is 0 Å². The number of ether oxygens (including phenoxy) is 5.